The summed E-state index contributed by atoms with van der Waals surface area (Å²) >= 11 is 0. The number of rotatable bonds is 0. The largest absolute Gasteiger partial charge is 0.268 e. The Kier molecular flexibility index (Phi) is 0.234. The molecule has 5 heavy (non-hydrogen) atoms. The standard InChI is InChI=1S/C3H4N2/c1-2-5-3-4-1/h1,3H,2H2/i2D2. The van der Waals surface area contributed by atoms with E-state index in [9.17, 15) is 0 Å². The van der Waals surface area contributed by atoms with Crippen LogP contribution in [0.25, 0.3) is 0 Å². The second kappa shape index (κ2) is 0.971. The molecule has 0 aromatic carbocycles. The lowest BCUT2D eigenvalue weighted by atomic mass is 10.8. The molecule has 0 saturated carbocycles. The summed E-state index contributed by atoms with van der Waals surface area (Å²) in [7, 11) is 0. The topological polar surface area (TPSA) is 24.7 Å². The zero-order chi connectivity index (χ0) is 5.33. The van der Waals surface area contributed by atoms with Crippen LogP contribution in [0, 0.1) is 0 Å². The van der Waals surface area contributed by atoms with E-state index >= 15 is 0 Å². The number of nitrogens with zero attached hydrogens (tertiary/aromatic N) is 2. The lowest BCUT2D eigenvalue weighted by molar-refractivity contribution is 1.38. The monoisotopic (exact) mass is 70.1 g/mol. The van der Waals surface area contributed by atoms with Crippen molar-refractivity contribution in [3.8, 4) is 0 Å². The van der Waals surface area contributed by atoms with Crippen molar-refractivity contribution in [2.75, 3.05) is 6.50 Å². The summed E-state index contributed by atoms with van der Waals surface area (Å²) in [6, 6.07) is 0. The number of aliphatic imine (C=N–C) groups is 2. The molecule has 0 aromatic rings. The van der Waals surface area contributed by atoms with Gasteiger partial charge in [0.15, 0.2) is 0 Å². The van der Waals surface area contributed by atoms with E-state index < -0.39 is 6.50 Å². The van der Waals surface area contributed by atoms with Crippen LogP contribution in [0.5, 0.6) is 0 Å². The molecule has 0 fully saturated rings. The van der Waals surface area contributed by atoms with Gasteiger partial charge in [-0.2, -0.15) is 0 Å². The summed E-state index contributed by atoms with van der Waals surface area (Å²) in [5, 5.41) is 0. The highest BCUT2D eigenvalue weighted by Gasteiger charge is 1.73. The Morgan fingerprint density at radius 3 is 3.20 bits per heavy atom. The minimum atomic E-state index is -1.53. The Hall–Kier alpha value is -0.660. The lowest BCUT2D eigenvalue weighted by Gasteiger charge is -1.56. The first-order valence-corrected chi connectivity index (χ1v) is 1.29. The Morgan fingerprint density at radius 2 is 3.00 bits per heavy atom. The van der Waals surface area contributed by atoms with Crippen molar-refractivity contribution in [2.45, 2.75) is 0 Å². The van der Waals surface area contributed by atoms with Gasteiger partial charge in [0.05, 0.1) is 9.24 Å². The molecule has 0 aromatic heterocycles. The van der Waals surface area contributed by atoms with Gasteiger partial charge in [-0.25, -0.2) is 4.99 Å². The Morgan fingerprint density at radius 1 is 2.00 bits per heavy atom. The van der Waals surface area contributed by atoms with Gasteiger partial charge in [0.2, 0.25) is 0 Å². The van der Waals surface area contributed by atoms with E-state index in [2.05, 4.69) is 9.98 Å². The molecule has 0 saturated heterocycles. The number of hydrogen-bond donors (Lipinski definition) is 0. The minimum absolute atomic E-state index is 1.16. The SMILES string of the molecule is [2H]C1([2H])C=NC=N1. The Labute approximate surface area is 33.1 Å². The van der Waals surface area contributed by atoms with E-state index in [0.29, 0.717) is 0 Å². The molecule has 0 atom stereocenters. The van der Waals surface area contributed by atoms with Gasteiger partial charge in [-0.15, -0.1) is 0 Å². The van der Waals surface area contributed by atoms with Gasteiger partial charge in [0.25, 0.3) is 0 Å². The first kappa shape index (κ1) is 1.20. The predicted molar refractivity (Wildman–Crippen MR) is 21.9 cm³/mol. The van der Waals surface area contributed by atoms with Crippen LogP contribution in [0.15, 0.2) is 9.98 Å². The van der Waals surface area contributed by atoms with Crippen LogP contribution in [-0.4, -0.2) is 19.0 Å². The highest BCUT2D eigenvalue weighted by atomic mass is 14.9. The summed E-state index contributed by atoms with van der Waals surface area (Å²) < 4.78 is 13.6. The maximum Gasteiger partial charge on any atom is 0.109 e. The van der Waals surface area contributed by atoms with E-state index in [1.807, 2.05) is 0 Å². The van der Waals surface area contributed by atoms with Crippen LogP contribution in [0.1, 0.15) is 2.74 Å². The van der Waals surface area contributed by atoms with Crippen LogP contribution >= 0.6 is 0 Å². The highest BCUT2D eigenvalue weighted by molar-refractivity contribution is 5.79. The maximum absolute atomic E-state index is 6.81. The van der Waals surface area contributed by atoms with E-state index in [1.54, 1.807) is 0 Å². The fourth-order valence-corrected chi connectivity index (χ4v) is 0.167. The summed E-state index contributed by atoms with van der Waals surface area (Å²) in [6.45, 7) is -1.53. The Bertz CT molecular complexity index is 113. The molecule has 0 N–H and O–H groups in total. The normalized spacial score (nSPS) is 33.6. The van der Waals surface area contributed by atoms with Crippen molar-refractivity contribution in [1.82, 2.24) is 0 Å². The third kappa shape index (κ3) is 0.318. The maximum atomic E-state index is 6.81. The van der Waals surface area contributed by atoms with E-state index in [1.165, 1.54) is 6.34 Å². The van der Waals surface area contributed by atoms with Gasteiger partial charge in [0.1, 0.15) is 6.34 Å². The molecule has 0 radical (unpaired) electrons. The second-order valence-electron chi connectivity index (χ2n) is 0.652. The van der Waals surface area contributed by atoms with Crippen LogP contribution < -0.4 is 0 Å². The molecule has 1 aliphatic heterocycles. The molecule has 1 heterocycles. The molecule has 1 aliphatic rings. The molecular formula is C3H4N2. The van der Waals surface area contributed by atoms with Crippen LogP contribution in [0.4, 0.5) is 0 Å². The van der Waals surface area contributed by atoms with Crippen molar-refractivity contribution in [3.05, 3.63) is 0 Å². The fourth-order valence-electron chi connectivity index (χ4n) is 0.167. The molecule has 0 spiro atoms. The first-order valence-electron chi connectivity index (χ1n) is 2.29. The predicted octanol–water partition coefficient (Wildman–Crippen LogP) is 0.0991. The first-order chi connectivity index (χ1) is 3.21. The van der Waals surface area contributed by atoms with Crippen molar-refractivity contribution >= 4 is 12.6 Å². The van der Waals surface area contributed by atoms with Crippen LogP contribution in [0.2, 0.25) is 0 Å². The average Bonchev–Trinajstić information content (AvgIpc) is 1.84. The summed E-state index contributed by atoms with van der Waals surface area (Å²) in [6.07, 6.45) is 2.37. The van der Waals surface area contributed by atoms with Crippen LogP contribution in [0.3, 0.4) is 0 Å². The van der Waals surface area contributed by atoms with Crippen molar-refractivity contribution in [1.29, 1.82) is 0 Å². The smallest absolute Gasteiger partial charge is 0.109 e. The Balaban J connectivity index is 2.77. The quantitative estimate of drug-likeness (QED) is 0.386. The molecule has 0 bridgehead atoms. The highest BCUT2D eigenvalue weighted by Crippen LogP contribution is 1.71. The molecule has 2 nitrogen and oxygen atoms in total. The fraction of sp³-hybridized carbons (Fsp3) is 0.333. The zero-order valence-corrected chi connectivity index (χ0v) is 2.55. The minimum Gasteiger partial charge on any atom is -0.268 e. The molecule has 0 amide bonds. The molecule has 0 unspecified atom stereocenters. The third-order valence-corrected chi connectivity index (χ3v) is 0.331. The van der Waals surface area contributed by atoms with E-state index in [4.69, 9.17) is 2.74 Å². The molecule has 2 heteroatoms. The van der Waals surface area contributed by atoms with Gasteiger partial charge < -0.3 is 0 Å². The summed E-state index contributed by atoms with van der Waals surface area (Å²) in [5.74, 6) is 0. The van der Waals surface area contributed by atoms with Gasteiger partial charge in [-0.1, -0.05) is 0 Å². The van der Waals surface area contributed by atoms with Gasteiger partial charge in [-0.3, -0.25) is 4.99 Å². The third-order valence-electron chi connectivity index (χ3n) is 0.331. The molecular weight excluding hydrogens is 64.0 g/mol. The van der Waals surface area contributed by atoms with Gasteiger partial charge in [0, 0.05) is 6.21 Å². The van der Waals surface area contributed by atoms with Crippen LogP contribution in [-0.2, 0) is 0 Å². The van der Waals surface area contributed by atoms with E-state index in [0.717, 1.165) is 6.21 Å². The molecule has 1 rings (SSSR count). The van der Waals surface area contributed by atoms with Gasteiger partial charge in [-0.05, 0) is 0 Å². The summed E-state index contributed by atoms with van der Waals surface area (Å²) in [5.41, 5.74) is 0. The second-order valence-corrected chi connectivity index (χ2v) is 0.652. The van der Waals surface area contributed by atoms with Gasteiger partial charge >= 0.3 is 0 Å². The zero-order valence-electron chi connectivity index (χ0n) is 4.55. The van der Waals surface area contributed by atoms with Crippen molar-refractivity contribution < 1.29 is 2.74 Å². The summed E-state index contributed by atoms with van der Waals surface area (Å²) in [4.78, 5) is 6.80. The van der Waals surface area contributed by atoms with Crippen molar-refractivity contribution in [3.63, 3.8) is 0 Å². The molecule has 26 valence electrons. The molecule has 0 aliphatic carbocycles. The lowest BCUT2D eigenvalue weighted by Crippen LogP contribution is -1.65. The van der Waals surface area contributed by atoms with Crippen molar-refractivity contribution in [2.24, 2.45) is 9.98 Å². The average molecular weight is 70.1 g/mol. The number of hydrogen-bond acceptors (Lipinski definition) is 2. The van der Waals surface area contributed by atoms with E-state index in [-0.39, 0.29) is 0 Å².